The molecular weight excluding hydrogens is 207 g/mol. The van der Waals surface area contributed by atoms with Gasteiger partial charge in [0.25, 0.3) is 0 Å². The van der Waals surface area contributed by atoms with Crippen LogP contribution in [0.1, 0.15) is 38.2 Å². The van der Waals surface area contributed by atoms with Crippen molar-refractivity contribution in [3.05, 3.63) is 29.8 Å². The van der Waals surface area contributed by atoms with Crippen molar-refractivity contribution in [2.75, 3.05) is 0 Å². The van der Waals surface area contributed by atoms with Crippen molar-refractivity contribution in [1.82, 2.24) is 0 Å². The summed E-state index contributed by atoms with van der Waals surface area (Å²) in [6, 6.07) is 8.64. The number of benzene rings is 1. The number of hydrogen-bond acceptors (Lipinski definition) is 0. The van der Waals surface area contributed by atoms with Crippen LogP contribution in [0.15, 0.2) is 24.3 Å². The third-order valence-corrected chi connectivity index (χ3v) is 3.22. The summed E-state index contributed by atoms with van der Waals surface area (Å²) in [5.74, 6) is 0.740. The molecule has 0 aromatic heterocycles. The Balaban J connectivity index is 2.92. The molecule has 0 fully saturated rings. The Morgan fingerprint density at radius 3 is 2.25 bits per heavy atom. The van der Waals surface area contributed by atoms with E-state index in [1.54, 1.807) is 0 Å². The Morgan fingerprint density at radius 2 is 1.75 bits per heavy atom. The van der Waals surface area contributed by atoms with E-state index in [1.165, 1.54) is 22.8 Å². The standard InChI is InChI=1S/C11H15As/c1-3-9(4-2)10-7-5-6-8-11(10)12/h5-9H,3-4H2,1-2H3. The molecule has 0 nitrogen and oxygen atoms in total. The second-order valence-electron chi connectivity index (χ2n) is 3.07. The number of hydrogen-bond donors (Lipinski definition) is 0. The summed E-state index contributed by atoms with van der Waals surface area (Å²) in [5, 5.41) is 0. The third-order valence-electron chi connectivity index (χ3n) is 2.36. The zero-order valence-corrected chi connectivity index (χ0v) is 9.62. The first-order valence-corrected chi connectivity index (χ1v) is 5.51. The van der Waals surface area contributed by atoms with E-state index < -0.39 is 0 Å². The van der Waals surface area contributed by atoms with E-state index in [4.69, 9.17) is 0 Å². The van der Waals surface area contributed by atoms with Crippen LogP contribution >= 0.6 is 0 Å². The zero-order chi connectivity index (χ0) is 8.97. The van der Waals surface area contributed by atoms with Crippen LogP contribution in [0.4, 0.5) is 0 Å². The second kappa shape index (κ2) is 4.72. The predicted molar refractivity (Wildman–Crippen MR) is 55.2 cm³/mol. The maximum atomic E-state index is 2.66. The van der Waals surface area contributed by atoms with Crippen LogP contribution in [-0.2, 0) is 0 Å². The fraction of sp³-hybridized carbons (Fsp3) is 0.455. The molecule has 0 aliphatic rings. The summed E-state index contributed by atoms with van der Waals surface area (Å²) < 4.78 is 1.37. The van der Waals surface area contributed by atoms with Crippen LogP contribution in [-0.4, -0.2) is 16.9 Å². The van der Waals surface area contributed by atoms with E-state index in [0.29, 0.717) is 0 Å². The minimum atomic E-state index is 0.740. The van der Waals surface area contributed by atoms with Crippen molar-refractivity contribution in [3.8, 4) is 0 Å². The van der Waals surface area contributed by atoms with E-state index in [9.17, 15) is 0 Å². The minimum absolute atomic E-state index is 0.740. The van der Waals surface area contributed by atoms with Crippen LogP contribution in [0, 0.1) is 0 Å². The monoisotopic (exact) mass is 222 g/mol. The molecule has 1 aromatic carbocycles. The second-order valence-corrected chi connectivity index (χ2v) is 4.08. The van der Waals surface area contributed by atoms with E-state index in [0.717, 1.165) is 5.92 Å². The topological polar surface area (TPSA) is 0 Å². The maximum absolute atomic E-state index is 2.66. The molecule has 64 valence electrons. The van der Waals surface area contributed by atoms with Gasteiger partial charge in [-0.3, -0.25) is 0 Å². The summed E-state index contributed by atoms with van der Waals surface area (Å²) in [4.78, 5) is 0. The quantitative estimate of drug-likeness (QED) is 0.689. The molecule has 0 aliphatic carbocycles. The van der Waals surface area contributed by atoms with Gasteiger partial charge in [0.2, 0.25) is 0 Å². The van der Waals surface area contributed by atoms with Gasteiger partial charge in [-0.05, 0) is 0 Å². The van der Waals surface area contributed by atoms with Crippen LogP contribution in [0.3, 0.4) is 0 Å². The average molecular weight is 222 g/mol. The molecule has 1 rings (SSSR count). The fourth-order valence-electron chi connectivity index (χ4n) is 1.56. The van der Waals surface area contributed by atoms with Gasteiger partial charge in [0, 0.05) is 0 Å². The van der Waals surface area contributed by atoms with Gasteiger partial charge in [-0.25, -0.2) is 0 Å². The first kappa shape index (κ1) is 9.86. The number of rotatable bonds is 3. The van der Waals surface area contributed by atoms with Gasteiger partial charge in [-0.15, -0.1) is 0 Å². The fourth-order valence-corrected chi connectivity index (χ4v) is 2.28. The van der Waals surface area contributed by atoms with Crippen molar-refractivity contribution >= 4 is 21.2 Å². The molecule has 0 saturated carbocycles. The molecule has 0 aliphatic heterocycles. The zero-order valence-electron chi connectivity index (χ0n) is 7.75. The third kappa shape index (κ3) is 2.14. The molecule has 0 unspecified atom stereocenters. The molecule has 1 aromatic rings. The normalized spacial score (nSPS) is 10.7. The van der Waals surface area contributed by atoms with Crippen molar-refractivity contribution in [2.45, 2.75) is 32.6 Å². The Bertz CT molecular complexity index is 239. The Kier molecular flexibility index (Phi) is 3.88. The van der Waals surface area contributed by atoms with Crippen molar-refractivity contribution in [3.63, 3.8) is 0 Å². The predicted octanol–water partition coefficient (Wildman–Crippen LogP) is 2.38. The van der Waals surface area contributed by atoms with E-state index in [1.807, 2.05) is 0 Å². The van der Waals surface area contributed by atoms with Gasteiger partial charge in [0.15, 0.2) is 0 Å². The molecular formula is C11H15As. The van der Waals surface area contributed by atoms with Gasteiger partial charge in [0.05, 0.1) is 0 Å². The molecule has 0 atom stereocenters. The van der Waals surface area contributed by atoms with Crippen molar-refractivity contribution in [1.29, 1.82) is 0 Å². The molecule has 0 N–H and O–H groups in total. The molecule has 1 heteroatoms. The SMILES string of the molecule is CCC(CC)c1ccccc1[As]. The Labute approximate surface area is 83.9 Å². The summed E-state index contributed by atoms with van der Waals surface area (Å²) >= 11 is 2.66. The van der Waals surface area contributed by atoms with Gasteiger partial charge >= 0.3 is 83.6 Å². The first-order valence-electron chi connectivity index (χ1n) is 4.57. The van der Waals surface area contributed by atoms with E-state index in [-0.39, 0.29) is 0 Å². The van der Waals surface area contributed by atoms with Gasteiger partial charge in [0.1, 0.15) is 0 Å². The van der Waals surface area contributed by atoms with Crippen LogP contribution in [0.2, 0.25) is 0 Å². The van der Waals surface area contributed by atoms with E-state index >= 15 is 0 Å². The molecule has 0 spiro atoms. The Morgan fingerprint density at radius 1 is 1.17 bits per heavy atom. The van der Waals surface area contributed by atoms with Crippen LogP contribution in [0.25, 0.3) is 0 Å². The molecule has 12 heavy (non-hydrogen) atoms. The average Bonchev–Trinajstić information content (AvgIpc) is 2.10. The van der Waals surface area contributed by atoms with Gasteiger partial charge in [-0.1, -0.05) is 0 Å². The van der Waals surface area contributed by atoms with Gasteiger partial charge in [-0.2, -0.15) is 0 Å². The Hall–Kier alpha value is -0.222. The molecule has 0 bridgehead atoms. The van der Waals surface area contributed by atoms with Gasteiger partial charge < -0.3 is 0 Å². The van der Waals surface area contributed by atoms with Crippen molar-refractivity contribution < 1.29 is 0 Å². The van der Waals surface area contributed by atoms with E-state index in [2.05, 4.69) is 55.0 Å². The molecule has 0 heterocycles. The molecule has 0 saturated heterocycles. The molecule has 0 amide bonds. The molecule has 2 radical (unpaired) electrons. The summed E-state index contributed by atoms with van der Waals surface area (Å²) in [5.41, 5.74) is 1.50. The summed E-state index contributed by atoms with van der Waals surface area (Å²) in [7, 11) is 0. The first-order chi connectivity index (χ1) is 5.79. The van der Waals surface area contributed by atoms with Crippen LogP contribution < -0.4 is 4.35 Å². The van der Waals surface area contributed by atoms with Crippen LogP contribution in [0.5, 0.6) is 0 Å². The summed E-state index contributed by atoms with van der Waals surface area (Å²) in [6.45, 7) is 4.52. The summed E-state index contributed by atoms with van der Waals surface area (Å²) in [6.07, 6.45) is 2.48. The van der Waals surface area contributed by atoms with Crippen molar-refractivity contribution in [2.24, 2.45) is 0 Å².